The van der Waals surface area contributed by atoms with Crippen LogP contribution in [0.2, 0.25) is 6.04 Å². The van der Waals surface area contributed by atoms with E-state index in [1.54, 1.807) is 0 Å². The van der Waals surface area contributed by atoms with Crippen LogP contribution in [-0.4, -0.2) is 18.9 Å². The Morgan fingerprint density at radius 2 is 1.40 bits per heavy atom. The maximum absolute atomic E-state index is 9.15. The molecule has 2 N–H and O–H groups in total. The highest BCUT2D eigenvalue weighted by Gasteiger charge is 2.50. The maximum atomic E-state index is 9.15. The van der Waals surface area contributed by atoms with Crippen LogP contribution in [0.25, 0.3) is 0 Å². The van der Waals surface area contributed by atoms with Crippen LogP contribution in [0, 0.1) is 23.2 Å². The smallest absolute Gasteiger partial charge is 0.316 e. The maximum Gasteiger partial charge on any atom is 0.316 e. The van der Waals surface area contributed by atoms with E-state index >= 15 is 0 Å². The second-order valence-electron chi connectivity index (χ2n) is 6.44. The number of rotatable bonds is 3. The third-order valence-electron chi connectivity index (χ3n) is 5.10. The molecule has 2 nitrogen and oxygen atoms in total. The second kappa shape index (κ2) is 3.57. The Hall–Kier alpha value is 0.137. The lowest BCUT2D eigenvalue weighted by atomic mass is 9.49. The van der Waals surface area contributed by atoms with Gasteiger partial charge in [0, 0.05) is 0 Å². The summed E-state index contributed by atoms with van der Waals surface area (Å²) in [5.41, 5.74) is 0.547. The highest BCUT2D eigenvalue weighted by Crippen LogP contribution is 2.61. The zero-order chi connectivity index (χ0) is 10.5. The minimum atomic E-state index is -2.30. The summed E-state index contributed by atoms with van der Waals surface area (Å²) in [6, 6.07) is 0.728. The molecule has 0 radical (unpaired) electrons. The molecule has 0 aromatic rings. The third kappa shape index (κ3) is 1.90. The average Bonchev–Trinajstić information content (AvgIpc) is 2.12. The molecule has 0 unspecified atom stereocenters. The minimum absolute atomic E-state index is 0.547. The van der Waals surface area contributed by atoms with Crippen molar-refractivity contribution in [1.29, 1.82) is 0 Å². The molecule has 0 heterocycles. The summed E-state index contributed by atoms with van der Waals surface area (Å²) in [5.74, 6) is 2.98. The van der Waals surface area contributed by atoms with Gasteiger partial charge in [-0.05, 0) is 74.2 Å². The highest BCUT2D eigenvalue weighted by molar-refractivity contribution is 6.40. The van der Waals surface area contributed by atoms with Crippen molar-refractivity contribution < 1.29 is 9.59 Å². The zero-order valence-electron chi connectivity index (χ0n) is 9.36. The lowest BCUT2D eigenvalue weighted by Crippen LogP contribution is -2.46. The first-order chi connectivity index (χ1) is 7.15. The van der Waals surface area contributed by atoms with Gasteiger partial charge >= 0.3 is 9.28 Å². The van der Waals surface area contributed by atoms with Gasteiger partial charge in [-0.2, -0.15) is 0 Å². The summed E-state index contributed by atoms with van der Waals surface area (Å²) in [6.07, 6.45) is 9.77. The van der Waals surface area contributed by atoms with E-state index in [1.165, 1.54) is 38.5 Å². The van der Waals surface area contributed by atoms with Crippen molar-refractivity contribution in [3.05, 3.63) is 0 Å². The zero-order valence-corrected chi connectivity index (χ0v) is 10.5. The van der Waals surface area contributed by atoms with Crippen LogP contribution in [0.15, 0.2) is 0 Å². The van der Waals surface area contributed by atoms with Gasteiger partial charge in [0.05, 0.1) is 0 Å². The number of hydrogen-bond donors (Lipinski definition) is 2. The van der Waals surface area contributed by atoms with Crippen LogP contribution in [0.3, 0.4) is 0 Å². The third-order valence-corrected chi connectivity index (χ3v) is 5.90. The van der Waals surface area contributed by atoms with E-state index in [0.717, 1.165) is 30.2 Å². The highest BCUT2D eigenvalue weighted by atomic mass is 28.3. The fourth-order valence-electron chi connectivity index (χ4n) is 5.03. The van der Waals surface area contributed by atoms with Gasteiger partial charge in [-0.3, -0.25) is 0 Å². The molecule has 15 heavy (non-hydrogen) atoms. The molecule has 4 bridgehead atoms. The van der Waals surface area contributed by atoms with E-state index in [1.807, 2.05) is 0 Å². The van der Waals surface area contributed by atoms with E-state index < -0.39 is 9.28 Å². The molecule has 0 atom stereocenters. The molecule has 0 aromatic heterocycles. The lowest BCUT2D eigenvalue weighted by Gasteiger charge is -2.57. The van der Waals surface area contributed by atoms with E-state index in [2.05, 4.69) is 0 Å². The largest absolute Gasteiger partial charge is 0.413 e. The predicted molar refractivity (Wildman–Crippen MR) is 61.6 cm³/mol. The molecule has 86 valence electrons. The Kier molecular flexibility index (Phi) is 2.45. The standard InChI is InChI=1S/C12H22O2Si/c13-15(14)2-1-12-6-9-3-10(7-12)5-11(4-9)8-12/h9-11,13-15H,1-8H2. The first-order valence-corrected chi connectivity index (χ1v) is 8.36. The van der Waals surface area contributed by atoms with E-state index in [-0.39, 0.29) is 0 Å². The van der Waals surface area contributed by atoms with Gasteiger partial charge in [-0.15, -0.1) is 0 Å². The van der Waals surface area contributed by atoms with Crippen molar-refractivity contribution in [2.75, 3.05) is 0 Å². The number of hydrogen-bond acceptors (Lipinski definition) is 2. The van der Waals surface area contributed by atoms with Gasteiger partial charge in [-0.1, -0.05) is 0 Å². The monoisotopic (exact) mass is 226 g/mol. The normalized spacial score (nSPS) is 47.8. The molecular formula is C12H22O2Si. The summed E-state index contributed by atoms with van der Waals surface area (Å²) in [6.45, 7) is 0. The summed E-state index contributed by atoms with van der Waals surface area (Å²) in [7, 11) is -2.30. The second-order valence-corrected chi connectivity index (χ2v) is 7.98. The summed E-state index contributed by atoms with van der Waals surface area (Å²) < 4.78 is 0. The van der Waals surface area contributed by atoms with Crippen LogP contribution in [-0.2, 0) is 0 Å². The van der Waals surface area contributed by atoms with Crippen LogP contribution < -0.4 is 0 Å². The molecule has 0 aromatic carbocycles. The van der Waals surface area contributed by atoms with Gasteiger partial charge in [0.15, 0.2) is 0 Å². The van der Waals surface area contributed by atoms with Gasteiger partial charge in [0.25, 0.3) is 0 Å². The van der Waals surface area contributed by atoms with Gasteiger partial charge in [-0.25, -0.2) is 0 Å². The van der Waals surface area contributed by atoms with Crippen molar-refractivity contribution in [3.8, 4) is 0 Å². The Balaban J connectivity index is 1.70. The van der Waals surface area contributed by atoms with Crippen LogP contribution >= 0.6 is 0 Å². The van der Waals surface area contributed by atoms with Gasteiger partial charge in [0.2, 0.25) is 0 Å². The molecule has 4 fully saturated rings. The van der Waals surface area contributed by atoms with E-state index in [4.69, 9.17) is 9.59 Å². The van der Waals surface area contributed by atoms with Crippen molar-refractivity contribution in [3.63, 3.8) is 0 Å². The average molecular weight is 226 g/mol. The predicted octanol–water partition coefficient (Wildman–Crippen LogP) is 1.80. The SMILES string of the molecule is O[SiH](O)CCC12CC3CC(CC(C3)C1)C2. The van der Waals surface area contributed by atoms with Gasteiger partial charge in [0.1, 0.15) is 0 Å². The lowest BCUT2D eigenvalue weighted by molar-refractivity contribution is -0.0551. The van der Waals surface area contributed by atoms with Crippen LogP contribution in [0.5, 0.6) is 0 Å². The summed E-state index contributed by atoms with van der Waals surface area (Å²) >= 11 is 0. The van der Waals surface area contributed by atoms with Crippen molar-refractivity contribution in [2.45, 2.75) is 51.0 Å². The molecule has 0 amide bonds. The molecule has 4 saturated carbocycles. The fourth-order valence-corrected chi connectivity index (χ4v) is 5.90. The Labute approximate surface area is 93.5 Å². The first-order valence-electron chi connectivity index (χ1n) is 6.51. The van der Waals surface area contributed by atoms with Crippen molar-refractivity contribution in [1.82, 2.24) is 0 Å². The van der Waals surface area contributed by atoms with Crippen LogP contribution in [0.4, 0.5) is 0 Å². The quantitative estimate of drug-likeness (QED) is 0.720. The Morgan fingerprint density at radius 1 is 0.933 bits per heavy atom. The molecule has 0 aliphatic heterocycles. The minimum Gasteiger partial charge on any atom is -0.413 e. The van der Waals surface area contributed by atoms with E-state index in [0.29, 0.717) is 5.41 Å². The molecule has 3 heteroatoms. The molecule has 0 spiro atoms. The molecule has 4 rings (SSSR count). The van der Waals surface area contributed by atoms with Crippen molar-refractivity contribution in [2.24, 2.45) is 23.2 Å². The van der Waals surface area contributed by atoms with Gasteiger partial charge < -0.3 is 9.59 Å². The first kappa shape index (κ1) is 10.3. The fraction of sp³-hybridized carbons (Fsp3) is 1.00. The summed E-state index contributed by atoms with van der Waals surface area (Å²) in [4.78, 5) is 18.3. The molecule has 0 saturated heterocycles. The molecular weight excluding hydrogens is 204 g/mol. The van der Waals surface area contributed by atoms with Crippen LogP contribution in [0.1, 0.15) is 44.9 Å². The Bertz CT molecular complexity index is 217. The Morgan fingerprint density at radius 3 is 1.80 bits per heavy atom. The van der Waals surface area contributed by atoms with Crippen molar-refractivity contribution >= 4 is 9.28 Å². The molecule has 4 aliphatic carbocycles. The molecule has 4 aliphatic rings. The van der Waals surface area contributed by atoms with E-state index in [9.17, 15) is 0 Å². The topological polar surface area (TPSA) is 40.5 Å². The summed E-state index contributed by atoms with van der Waals surface area (Å²) in [5, 5.41) is 0.